The summed E-state index contributed by atoms with van der Waals surface area (Å²) in [5.74, 6) is -2.08. The lowest BCUT2D eigenvalue weighted by Crippen LogP contribution is -2.55. The number of rotatable bonds is 2. The molecule has 6 heteroatoms. The van der Waals surface area contributed by atoms with Crippen LogP contribution in [-0.4, -0.2) is 23.5 Å². The number of benzene rings is 3. The van der Waals surface area contributed by atoms with Crippen LogP contribution in [0.25, 0.3) is 0 Å². The minimum Gasteiger partial charge on any atom is -0.395 e. The molecule has 2 amide bonds. The van der Waals surface area contributed by atoms with Crippen molar-refractivity contribution in [3.8, 4) is 0 Å². The number of hydrogen-bond acceptors (Lipinski definition) is 3. The summed E-state index contributed by atoms with van der Waals surface area (Å²) >= 11 is 12.2. The third kappa shape index (κ3) is 2.20. The van der Waals surface area contributed by atoms with E-state index in [2.05, 4.69) is 0 Å². The Hall–Kier alpha value is -2.66. The van der Waals surface area contributed by atoms with E-state index in [1.807, 2.05) is 48.5 Å². The number of carbonyl (C=O) groups excluding carboxylic acids is 2. The fourth-order valence-electron chi connectivity index (χ4n) is 6.08. The minimum absolute atomic E-state index is 0.241. The van der Waals surface area contributed by atoms with E-state index in [0.717, 1.165) is 22.3 Å². The quantitative estimate of drug-likeness (QED) is 0.584. The van der Waals surface area contributed by atoms with E-state index < -0.39 is 17.3 Å². The zero-order chi connectivity index (χ0) is 21.5. The van der Waals surface area contributed by atoms with E-state index in [-0.39, 0.29) is 29.4 Å². The van der Waals surface area contributed by atoms with Crippen molar-refractivity contribution >= 4 is 40.7 Å². The average Bonchev–Trinajstić information content (AvgIpc) is 3.07. The van der Waals surface area contributed by atoms with Crippen LogP contribution in [0.3, 0.4) is 0 Å². The number of aliphatic hydroxyl groups excluding tert-OH is 1. The van der Waals surface area contributed by atoms with Gasteiger partial charge in [-0.05, 0) is 40.5 Å². The Morgan fingerprint density at radius 2 is 1.45 bits per heavy atom. The maximum Gasteiger partial charge on any atom is 0.239 e. The molecule has 2 atom stereocenters. The molecule has 3 aromatic carbocycles. The lowest BCUT2D eigenvalue weighted by Gasteiger charge is -2.53. The topological polar surface area (TPSA) is 57.6 Å². The second-order valence-corrected chi connectivity index (χ2v) is 9.21. The molecule has 1 N–H and O–H groups in total. The first-order valence-corrected chi connectivity index (χ1v) is 10.9. The van der Waals surface area contributed by atoms with Crippen molar-refractivity contribution in [2.75, 3.05) is 11.5 Å². The van der Waals surface area contributed by atoms with Gasteiger partial charge in [-0.25, -0.2) is 4.90 Å². The van der Waals surface area contributed by atoms with Crippen molar-refractivity contribution in [2.24, 2.45) is 11.8 Å². The van der Waals surface area contributed by atoms with Crippen molar-refractivity contribution < 1.29 is 14.7 Å². The maximum absolute atomic E-state index is 13.8. The Labute approximate surface area is 189 Å². The molecular formula is C25H17Cl2NO3. The molecule has 4 aliphatic rings. The highest BCUT2D eigenvalue weighted by atomic mass is 35.5. The summed E-state index contributed by atoms with van der Waals surface area (Å²) in [7, 11) is 0. The van der Waals surface area contributed by atoms with E-state index in [1.165, 1.54) is 4.90 Å². The molecule has 3 aliphatic carbocycles. The molecule has 4 nitrogen and oxygen atoms in total. The predicted octanol–water partition coefficient (Wildman–Crippen LogP) is 4.54. The molecule has 3 aromatic rings. The van der Waals surface area contributed by atoms with Crippen molar-refractivity contribution in [1.29, 1.82) is 0 Å². The first-order valence-electron chi connectivity index (χ1n) is 10.1. The van der Waals surface area contributed by atoms with E-state index in [9.17, 15) is 14.7 Å². The van der Waals surface area contributed by atoms with Crippen LogP contribution >= 0.6 is 23.2 Å². The van der Waals surface area contributed by atoms with Gasteiger partial charge in [0, 0.05) is 5.92 Å². The molecule has 1 saturated heterocycles. The summed E-state index contributed by atoms with van der Waals surface area (Å²) in [6.07, 6.45) is 0. The number of aliphatic hydroxyl groups is 1. The molecule has 31 heavy (non-hydrogen) atoms. The minimum atomic E-state index is -0.968. The molecular weight excluding hydrogens is 433 g/mol. The van der Waals surface area contributed by atoms with Crippen LogP contribution in [0.2, 0.25) is 10.0 Å². The Balaban J connectivity index is 1.62. The number of amides is 2. The number of halogens is 2. The van der Waals surface area contributed by atoms with Gasteiger partial charge in [-0.1, -0.05) is 71.7 Å². The van der Waals surface area contributed by atoms with E-state index >= 15 is 0 Å². The van der Waals surface area contributed by atoms with Gasteiger partial charge in [0.15, 0.2) is 0 Å². The average molecular weight is 450 g/mol. The number of nitrogens with zero attached hydrogens (tertiary/aromatic N) is 1. The molecule has 0 unspecified atom stereocenters. The Morgan fingerprint density at radius 1 is 0.839 bits per heavy atom. The first-order chi connectivity index (χ1) is 15.0. The lowest BCUT2D eigenvalue weighted by molar-refractivity contribution is -0.124. The fourth-order valence-corrected chi connectivity index (χ4v) is 6.37. The Bertz CT molecular complexity index is 1240. The monoisotopic (exact) mass is 449 g/mol. The SMILES string of the molecule is O=C1[C@H]2C3c4ccccc4C(CO)(c4ccccc43)[C@H]2C(=O)N1c1ccc(Cl)c(Cl)c1. The van der Waals surface area contributed by atoms with Crippen molar-refractivity contribution in [1.82, 2.24) is 0 Å². The number of carbonyl (C=O) groups is 2. The Kier molecular flexibility index (Phi) is 3.95. The van der Waals surface area contributed by atoms with Crippen LogP contribution in [-0.2, 0) is 15.0 Å². The molecule has 1 fully saturated rings. The van der Waals surface area contributed by atoms with E-state index in [4.69, 9.17) is 23.2 Å². The van der Waals surface area contributed by atoms with E-state index in [1.54, 1.807) is 18.2 Å². The van der Waals surface area contributed by atoms with Crippen molar-refractivity contribution in [3.63, 3.8) is 0 Å². The molecule has 154 valence electrons. The highest BCUT2D eigenvalue weighted by molar-refractivity contribution is 6.42. The second-order valence-electron chi connectivity index (χ2n) is 8.40. The van der Waals surface area contributed by atoms with Crippen LogP contribution < -0.4 is 4.90 Å². The molecule has 0 radical (unpaired) electrons. The van der Waals surface area contributed by atoms with Gasteiger partial charge >= 0.3 is 0 Å². The maximum atomic E-state index is 13.8. The third-order valence-corrected chi connectivity index (χ3v) is 7.94. The molecule has 1 heterocycles. The van der Waals surface area contributed by atoms with Crippen LogP contribution in [0, 0.1) is 11.8 Å². The summed E-state index contributed by atoms with van der Waals surface area (Å²) in [5, 5.41) is 11.5. The van der Waals surface area contributed by atoms with Crippen LogP contribution in [0.5, 0.6) is 0 Å². The van der Waals surface area contributed by atoms with Crippen LogP contribution in [0.4, 0.5) is 5.69 Å². The second kappa shape index (κ2) is 6.42. The fraction of sp³-hybridized carbons (Fsp3) is 0.200. The smallest absolute Gasteiger partial charge is 0.239 e. The van der Waals surface area contributed by atoms with Crippen LogP contribution in [0.1, 0.15) is 28.2 Å². The molecule has 0 spiro atoms. The Morgan fingerprint density at radius 3 is 2.03 bits per heavy atom. The highest BCUT2D eigenvalue weighted by Crippen LogP contribution is 2.64. The van der Waals surface area contributed by atoms with Gasteiger partial charge in [0.1, 0.15) is 0 Å². The van der Waals surface area contributed by atoms with Crippen molar-refractivity contribution in [2.45, 2.75) is 11.3 Å². The summed E-state index contributed by atoms with van der Waals surface area (Å²) in [6.45, 7) is -0.261. The van der Waals surface area contributed by atoms with Gasteiger partial charge in [0.05, 0.1) is 39.6 Å². The molecule has 7 rings (SSSR count). The van der Waals surface area contributed by atoms with Gasteiger partial charge in [-0.15, -0.1) is 0 Å². The van der Waals surface area contributed by atoms with Crippen LogP contribution in [0.15, 0.2) is 66.7 Å². The van der Waals surface area contributed by atoms with Gasteiger partial charge in [0.25, 0.3) is 0 Å². The number of anilines is 1. The lowest BCUT2D eigenvalue weighted by atomic mass is 9.47. The highest BCUT2D eigenvalue weighted by Gasteiger charge is 2.68. The zero-order valence-electron chi connectivity index (χ0n) is 16.3. The standard InChI is InChI=1S/C25H17Cl2NO3/c26-18-10-9-13(11-19(18)27)28-23(30)21-20-14-5-1-3-7-16(14)25(12-29,22(21)24(28)31)17-8-4-2-6-15(17)20/h1-11,20-22,29H,12H2/t20?,21-,22+,25?/m0/s1. The predicted molar refractivity (Wildman–Crippen MR) is 119 cm³/mol. The summed E-state index contributed by atoms with van der Waals surface area (Å²) < 4.78 is 0. The van der Waals surface area contributed by atoms with E-state index in [0.29, 0.717) is 10.7 Å². The normalized spacial score (nSPS) is 27.8. The largest absolute Gasteiger partial charge is 0.395 e. The van der Waals surface area contributed by atoms with Gasteiger partial charge < -0.3 is 5.11 Å². The molecule has 0 aromatic heterocycles. The summed E-state index contributed by atoms with van der Waals surface area (Å²) in [5.41, 5.74) is 3.31. The number of imide groups is 1. The number of hydrogen-bond donors (Lipinski definition) is 1. The zero-order valence-corrected chi connectivity index (χ0v) is 17.8. The third-order valence-electron chi connectivity index (χ3n) is 7.20. The molecule has 1 aliphatic heterocycles. The van der Waals surface area contributed by atoms with Gasteiger partial charge in [-0.2, -0.15) is 0 Å². The summed E-state index contributed by atoms with van der Waals surface area (Å²) in [6, 6.07) is 20.5. The summed E-state index contributed by atoms with van der Waals surface area (Å²) in [4.78, 5) is 28.8. The first kappa shape index (κ1) is 19.1. The molecule has 0 saturated carbocycles. The van der Waals surface area contributed by atoms with Gasteiger partial charge in [-0.3, -0.25) is 9.59 Å². The van der Waals surface area contributed by atoms with Crippen molar-refractivity contribution in [3.05, 3.63) is 99.0 Å². The molecule has 2 bridgehead atoms. The van der Waals surface area contributed by atoms with Gasteiger partial charge in [0.2, 0.25) is 11.8 Å².